The molecule has 0 aromatic carbocycles. The van der Waals surface area contributed by atoms with Crippen LogP contribution in [0.5, 0.6) is 0 Å². The van der Waals surface area contributed by atoms with Crippen molar-refractivity contribution >= 4 is 17.1 Å². The van der Waals surface area contributed by atoms with Gasteiger partial charge < -0.3 is 4.98 Å². The van der Waals surface area contributed by atoms with E-state index in [0.717, 1.165) is 17.4 Å². The third-order valence-electron chi connectivity index (χ3n) is 2.85. The van der Waals surface area contributed by atoms with Crippen molar-refractivity contribution in [3.8, 4) is 0 Å². The third kappa shape index (κ3) is 1.80. The Bertz CT molecular complexity index is 680. The Morgan fingerprint density at radius 1 is 1.44 bits per heavy atom. The molecule has 18 heavy (non-hydrogen) atoms. The van der Waals surface area contributed by atoms with E-state index in [1.54, 1.807) is 0 Å². The first-order valence-corrected chi connectivity index (χ1v) is 5.76. The summed E-state index contributed by atoms with van der Waals surface area (Å²) in [6.45, 7) is 2.55. The zero-order valence-corrected chi connectivity index (χ0v) is 10.4. The average molecular weight is 252 g/mol. The summed E-state index contributed by atoms with van der Waals surface area (Å²) >= 11 is 0. The molecule has 2 rings (SSSR count). The molecular formula is C10H16N6O2. The van der Waals surface area contributed by atoms with Crippen molar-refractivity contribution < 1.29 is 0 Å². The molecule has 2 aromatic rings. The van der Waals surface area contributed by atoms with Gasteiger partial charge in [-0.15, -0.1) is 0 Å². The van der Waals surface area contributed by atoms with Gasteiger partial charge in [-0.1, -0.05) is 13.3 Å². The van der Waals surface area contributed by atoms with E-state index in [0.29, 0.717) is 12.2 Å². The fraction of sp³-hybridized carbons (Fsp3) is 0.500. The minimum Gasteiger partial charge on any atom is -0.317 e. The lowest BCUT2D eigenvalue weighted by Gasteiger charge is -2.07. The fourth-order valence-corrected chi connectivity index (χ4v) is 1.82. The number of H-pyrrole nitrogens is 1. The molecular weight excluding hydrogens is 236 g/mol. The van der Waals surface area contributed by atoms with Crippen LogP contribution in [0.4, 0.5) is 5.95 Å². The van der Waals surface area contributed by atoms with Crippen molar-refractivity contribution in [1.82, 2.24) is 19.1 Å². The second-order valence-corrected chi connectivity index (χ2v) is 4.08. The lowest BCUT2D eigenvalue weighted by molar-refractivity contribution is 0.584. The highest BCUT2D eigenvalue weighted by Crippen LogP contribution is 2.08. The Balaban J connectivity index is 2.77. The number of hydrogen-bond donors (Lipinski definition) is 3. The zero-order chi connectivity index (χ0) is 13.3. The maximum Gasteiger partial charge on any atom is 0.332 e. The number of aromatic nitrogens is 4. The molecule has 0 fully saturated rings. The smallest absolute Gasteiger partial charge is 0.317 e. The first kappa shape index (κ1) is 12.4. The first-order chi connectivity index (χ1) is 8.60. The number of nitrogen functional groups attached to an aromatic ring is 1. The van der Waals surface area contributed by atoms with Gasteiger partial charge in [0.25, 0.3) is 5.56 Å². The summed E-state index contributed by atoms with van der Waals surface area (Å²) in [6, 6.07) is 0. The summed E-state index contributed by atoms with van der Waals surface area (Å²) < 4.78 is 2.55. The van der Waals surface area contributed by atoms with Crippen molar-refractivity contribution in [2.24, 2.45) is 12.9 Å². The van der Waals surface area contributed by atoms with E-state index < -0.39 is 5.56 Å². The summed E-state index contributed by atoms with van der Waals surface area (Å²) in [5.74, 6) is 5.51. The van der Waals surface area contributed by atoms with Crippen LogP contribution in [0.2, 0.25) is 0 Å². The van der Waals surface area contributed by atoms with Crippen LogP contribution in [0.3, 0.4) is 0 Å². The molecule has 2 aromatic heterocycles. The molecule has 0 amide bonds. The SMILES string of the molecule is CCCCn1c(=O)n(C)c(=O)c2[nH]c(NN)nc21. The number of fused-ring (bicyclic) bond motifs is 1. The molecule has 0 saturated heterocycles. The van der Waals surface area contributed by atoms with E-state index >= 15 is 0 Å². The maximum absolute atomic E-state index is 12.0. The van der Waals surface area contributed by atoms with Gasteiger partial charge in [-0.25, -0.2) is 10.6 Å². The number of aryl methyl sites for hydroxylation is 1. The highest BCUT2D eigenvalue weighted by molar-refractivity contribution is 5.72. The van der Waals surface area contributed by atoms with E-state index in [-0.39, 0.29) is 17.2 Å². The number of aromatic amines is 1. The van der Waals surface area contributed by atoms with Crippen molar-refractivity contribution in [1.29, 1.82) is 0 Å². The fourth-order valence-electron chi connectivity index (χ4n) is 1.82. The van der Waals surface area contributed by atoms with Crippen LogP contribution in [0, 0.1) is 0 Å². The van der Waals surface area contributed by atoms with E-state index in [9.17, 15) is 9.59 Å². The van der Waals surface area contributed by atoms with E-state index in [4.69, 9.17) is 5.84 Å². The van der Waals surface area contributed by atoms with Gasteiger partial charge in [-0.2, -0.15) is 4.98 Å². The Kier molecular flexibility index (Phi) is 3.19. The standard InChI is InChI=1S/C10H16N6O2/c1-3-4-5-16-7-6(12-9(13-7)14-11)8(17)15(2)10(16)18/h3-5,11H2,1-2H3,(H2,12,13,14). The van der Waals surface area contributed by atoms with Crippen LogP contribution >= 0.6 is 0 Å². The molecule has 0 radical (unpaired) electrons. The van der Waals surface area contributed by atoms with E-state index in [1.165, 1.54) is 11.6 Å². The Hall–Kier alpha value is -2.09. The van der Waals surface area contributed by atoms with Gasteiger partial charge in [0.15, 0.2) is 11.2 Å². The van der Waals surface area contributed by atoms with Crippen LogP contribution in [-0.4, -0.2) is 19.1 Å². The summed E-state index contributed by atoms with van der Waals surface area (Å²) in [5, 5.41) is 0. The van der Waals surface area contributed by atoms with Gasteiger partial charge in [-0.3, -0.25) is 19.4 Å². The first-order valence-electron chi connectivity index (χ1n) is 5.76. The molecule has 0 saturated carbocycles. The van der Waals surface area contributed by atoms with Crippen LogP contribution in [0.25, 0.3) is 11.2 Å². The molecule has 2 heterocycles. The summed E-state index contributed by atoms with van der Waals surface area (Å²) in [5.41, 5.74) is 2.18. The minimum absolute atomic E-state index is 0.262. The largest absolute Gasteiger partial charge is 0.332 e. The Labute approximate surface area is 102 Å². The lowest BCUT2D eigenvalue weighted by atomic mass is 10.3. The summed E-state index contributed by atoms with van der Waals surface area (Å²) in [6.07, 6.45) is 1.79. The Morgan fingerprint density at radius 3 is 2.78 bits per heavy atom. The summed E-state index contributed by atoms with van der Waals surface area (Å²) in [7, 11) is 1.45. The number of unbranched alkanes of at least 4 members (excludes halogenated alkanes) is 1. The second kappa shape index (κ2) is 4.65. The van der Waals surface area contributed by atoms with Crippen LogP contribution in [0.15, 0.2) is 9.59 Å². The van der Waals surface area contributed by atoms with Crippen molar-refractivity contribution in [3.05, 3.63) is 20.8 Å². The predicted octanol–water partition coefficient (Wildman–Crippen LogP) is -0.491. The number of hydrazine groups is 1. The van der Waals surface area contributed by atoms with Crippen LogP contribution in [0.1, 0.15) is 19.8 Å². The average Bonchev–Trinajstić information content (AvgIpc) is 2.80. The molecule has 0 aliphatic heterocycles. The van der Waals surface area contributed by atoms with Gasteiger partial charge in [0.05, 0.1) is 0 Å². The number of nitrogens with one attached hydrogen (secondary N) is 2. The molecule has 8 nitrogen and oxygen atoms in total. The van der Waals surface area contributed by atoms with Gasteiger partial charge in [0, 0.05) is 13.6 Å². The molecule has 0 atom stereocenters. The normalized spacial score (nSPS) is 11.1. The second-order valence-electron chi connectivity index (χ2n) is 4.08. The van der Waals surface area contributed by atoms with Gasteiger partial charge in [0.2, 0.25) is 5.95 Å². The number of imidazole rings is 1. The molecule has 4 N–H and O–H groups in total. The number of hydrogen-bond acceptors (Lipinski definition) is 5. The molecule has 0 aliphatic carbocycles. The Morgan fingerprint density at radius 2 is 2.17 bits per heavy atom. The summed E-state index contributed by atoms with van der Waals surface area (Å²) in [4.78, 5) is 30.8. The van der Waals surface area contributed by atoms with Gasteiger partial charge in [-0.05, 0) is 6.42 Å². The quantitative estimate of drug-likeness (QED) is 0.502. The molecule has 0 spiro atoms. The number of nitrogens with zero attached hydrogens (tertiary/aromatic N) is 3. The van der Waals surface area contributed by atoms with Gasteiger partial charge >= 0.3 is 5.69 Å². The monoisotopic (exact) mass is 252 g/mol. The van der Waals surface area contributed by atoms with Gasteiger partial charge in [0.1, 0.15) is 0 Å². The molecule has 0 bridgehead atoms. The van der Waals surface area contributed by atoms with Crippen molar-refractivity contribution in [2.75, 3.05) is 5.43 Å². The lowest BCUT2D eigenvalue weighted by Crippen LogP contribution is -2.38. The molecule has 0 unspecified atom stereocenters. The predicted molar refractivity (Wildman–Crippen MR) is 68.3 cm³/mol. The van der Waals surface area contributed by atoms with Crippen LogP contribution in [-0.2, 0) is 13.6 Å². The van der Waals surface area contributed by atoms with E-state index in [2.05, 4.69) is 15.4 Å². The number of rotatable bonds is 4. The van der Waals surface area contributed by atoms with Crippen LogP contribution < -0.4 is 22.5 Å². The minimum atomic E-state index is -0.406. The van der Waals surface area contributed by atoms with Crippen molar-refractivity contribution in [2.45, 2.75) is 26.3 Å². The molecule has 8 heteroatoms. The van der Waals surface area contributed by atoms with E-state index in [1.807, 2.05) is 6.92 Å². The molecule has 0 aliphatic rings. The van der Waals surface area contributed by atoms with Crippen molar-refractivity contribution in [3.63, 3.8) is 0 Å². The maximum atomic E-state index is 12.0. The highest BCUT2D eigenvalue weighted by Gasteiger charge is 2.14. The topological polar surface area (TPSA) is 111 Å². The highest BCUT2D eigenvalue weighted by atomic mass is 16.2. The molecule has 98 valence electrons. The zero-order valence-electron chi connectivity index (χ0n) is 10.4. The third-order valence-corrected chi connectivity index (χ3v) is 2.85. The number of nitrogens with two attached hydrogens (primary N) is 1. The number of anilines is 1.